The molecular weight excluding hydrogens is 200 g/mol. The zero-order valence-electron chi connectivity index (χ0n) is 10.5. The van der Waals surface area contributed by atoms with Crippen LogP contribution in [0.2, 0.25) is 0 Å². The van der Waals surface area contributed by atoms with Gasteiger partial charge in [0.1, 0.15) is 0 Å². The van der Waals surface area contributed by atoms with E-state index in [1.807, 2.05) is 0 Å². The number of rotatable bonds is 5. The van der Waals surface area contributed by atoms with Crippen LogP contribution < -0.4 is 11.1 Å². The number of hydrogen-bond acceptors (Lipinski definition) is 3. The van der Waals surface area contributed by atoms with Crippen molar-refractivity contribution in [3.63, 3.8) is 0 Å². The molecule has 0 spiro atoms. The van der Waals surface area contributed by atoms with E-state index in [4.69, 9.17) is 16.9 Å². The number of ether oxygens (including phenoxy) is 1. The highest BCUT2D eigenvalue weighted by molar-refractivity contribution is 5.05. The molecule has 1 saturated heterocycles. The summed E-state index contributed by atoms with van der Waals surface area (Å²) in [6.07, 6.45) is 9.81. The van der Waals surface area contributed by atoms with Gasteiger partial charge in [0.2, 0.25) is 0 Å². The van der Waals surface area contributed by atoms with Crippen molar-refractivity contribution in [1.29, 1.82) is 0 Å². The van der Waals surface area contributed by atoms with E-state index in [-0.39, 0.29) is 17.7 Å². The second kappa shape index (κ2) is 6.24. The summed E-state index contributed by atoms with van der Waals surface area (Å²) in [5.74, 6) is 2.82. The zero-order valence-corrected chi connectivity index (χ0v) is 10.5. The van der Waals surface area contributed by atoms with Gasteiger partial charge in [0.25, 0.3) is 0 Å². The molecule has 1 aliphatic rings. The van der Waals surface area contributed by atoms with Gasteiger partial charge >= 0.3 is 0 Å². The summed E-state index contributed by atoms with van der Waals surface area (Å²) in [7, 11) is 0. The van der Waals surface area contributed by atoms with Crippen LogP contribution in [0.15, 0.2) is 0 Å². The first-order chi connectivity index (χ1) is 7.65. The molecule has 0 radical (unpaired) electrons. The molecular formula is C13H24N2O. The molecule has 1 fully saturated rings. The number of nitrogens with one attached hydrogen (secondary N) is 1. The fourth-order valence-electron chi connectivity index (χ4n) is 2.40. The topological polar surface area (TPSA) is 47.3 Å². The summed E-state index contributed by atoms with van der Waals surface area (Å²) in [6.45, 7) is 5.64. The predicted molar refractivity (Wildman–Crippen MR) is 67.1 cm³/mol. The number of hydrogen-bond donors (Lipinski definition) is 2. The first-order valence-electron chi connectivity index (χ1n) is 6.21. The molecule has 3 N–H and O–H groups in total. The molecule has 1 aliphatic heterocycles. The maximum atomic E-state index is 5.91. The Bertz CT molecular complexity index is 249. The Hall–Kier alpha value is -0.560. The van der Waals surface area contributed by atoms with E-state index >= 15 is 0 Å². The minimum absolute atomic E-state index is 0.0239. The first kappa shape index (κ1) is 13.5. The molecule has 0 aromatic heterocycles. The van der Waals surface area contributed by atoms with Crippen molar-refractivity contribution < 1.29 is 4.74 Å². The summed E-state index contributed by atoms with van der Waals surface area (Å²) in [4.78, 5) is 0. The maximum Gasteiger partial charge on any atom is 0.0691 e. The molecule has 0 bridgehead atoms. The predicted octanol–water partition coefficient (Wildman–Crippen LogP) is 1.27. The number of nitrogens with two attached hydrogens (primary N) is 1. The van der Waals surface area contributed by atoms with Crippen LogP contribution in [0.5, 0.6) is 0 Å². The van der Waals surface area contributed by atoms with Crippen molar-refractivity contribution in [1.82, 2.24) is 5.32 Å². The van der Waals surface area contributed by atoms with Crippen LogP contribution in [0.3, 0.4) is 0 Å². The van der Waals surface area contributed by atoms with Crippen molar-refractivity contribution >= 4 is 0 Å². The van der Waals surface area contributed by atoms with Crippen molar-refractivity contribution in [2.75, 3.05) is 13.2 Å². The van der Waals surface area contributed by atoms with E-state index in [1.165, 1.54) is 0 Å². The average molecular weight is 224 g/mol. The summed E-state index contributed by atoms with van der Waals surface area (Å²) in [5.41, 5.74) is 5.89. The van der Waals surface area contributed by atoms with Gasteiger partial charge in [-0.15, -0.1) is 6.42 Å². The minimum Gasteiger partial charge on any atom is -0.378 e. The van der Waals surface area contributed by atoms with Gasteiger partial charge in [0, 0.05) is 18.7 Å². The van der Waals surface area contributed by atoms with Gasteiger partial charge in [-0.3, -0.25) is 5.32 Å². The lowest BCUT2D eigenvalue weighted by Gasteiger charge is -2.41. The third-order valence-corrected chi connectivity index (χ3v) is 3.31. The summed E-state index contributed by atoms with van der Waals surface area (Å²) < 4.78 is 5.56. The Morgan fingerprint density at radius 2 is 2.44 bits per heavy atom. The van der Waals surface area contributed by atoms with E-state index in [0.29, 0.717) is 6.54 Å². The lowest BCUT2D eigenvalue weighted by atomic mass is 9.86. The maximum absolute atomic E-state index is 5.91. The molecule has 1 heterocycles. The SMILES string of the molecule is C#CC(CCC)NC1(CN)CCOC(C)C1. The van der Waals surface area contributed by atoms with E-state index < -0.39 is 0 Å². The molecule has 1 rings (SSSR count). The third kappa shape index (κ3) is 3.48. The van der Waals surface area contributed by atoms with Crippen molar-refractivity contribution in [3.05, 3.63) is 0 Å². The van der Waals surface area contributed by atoms with Crippen LogP contribution >= 0.6 is 0 Å². The zero-order chi connectivity index (χ0) is 12.0. The Morgan fingerprint density at radius 1 is 1.69 bits per heavy atom. The Morgan fingerprint density at radius 3 is 2.94 bits per heavy atom. The van der Waals surface area contributed by atoms with Crippen LogP contribution in [0.4, 0.5) is 0 Å². The van der Waals surface area contributed by atoms with Crippen LogP contribution in [-0.2, 0) is 4.74 Å². The Balaban J connectivity index is 2.61. The monoisotopic (exact) mass is 224 g/mol. The van der Waals surface area contributed by atoms with E-state index in [0.717, 1.165) is 32.3 Å². The van der Waals surface area contributed by atoms with Gasteiger partial charge in [0.05, 0.1) is 12.1 Å². The van der Waals surface area contributed by atoms with Gasteiger partial charge in [-0.2, -0.15) is 0 Å². The molecule has 3 atom stereocenters. The van der Waals surface area contributed by atoms with Gasteiger partial charge in [-0.25, -0.2) is 0 Å². The van der Waals surface area contributed by atoms with Crippen LogP contribution in [0.1, 0.15) is 39.5 Å². The highest BCUT2D eigenvalue weighted by atomic mass is 16.5. The molecule has 0 amide bonds. The molecule has 3 unspecified atom stereocenters. The Kier molecular flexibility index (Phi) is 5.27. The number of terminal acetylenes is 1. The average Bonchev–Trinajstić information content (AvgIpc) is 2.28. The van der Waals surface area contributed by atoms with Gasteiger partial charge < -0.3 is 10.5 Å². The van der Waals surface area contributed by atoms with E-state index in [2.05, 4.69) is 25.1 Å². The standard InChI is InChI=1S/C13H24N2O/c1-4-6-12(5-2)15-13(10-14)7-8-16-11(3)9-13/h2,11-12,15H,4,6-10,14H2,1,3H3. The molecule has 3 nitrogen and oxygen atoms in total. The fraction of sp³-hybridized carbons (Fsp3) is 0.846. The lowest BCUT2D eigenvalue weighted by Crippen LogP contribution is -2.59. The lowest BCUT2D eigenvalue weighted by molar-refractivity contribution is -0.0180. The minimum atomic E-state index is -0.0239. The second-order valence-electron chi connectivity index (χ2n) is 4.77. The molecule has 0 saturated carbocycles. The van der Waals surface area contributed by atoms with Gasteiger partial charge in [-0.1, -0.05) is 19.3 Å². The highest BCUT2D eigenvalue weighted by Crippen LogP contribution is 2.24. The van der Waals surface area contributed by atoms with E-state index in [9.17, 15) is 0 Å². The van der Waals surface area contributed by atoms with Crippen LogP contribution in [-0.4, -0.2) is 30.8 Å². The smallest absolute Gasteiger partial charge is 0.0691 e. The first-order valence-corrected chi connectivity index (χ1v) is 6.21. The molecule has 92 valence electrons. The van der Waals surface area contributed by atoms with Crippen LogP contribution in [0.25, 0.3) is 0 Å². The molecule has 16 heavy (non-hydrogen) atoms. The quantitative estimate of drug-likeness (QED) is 0.691. The molecule has 0 aromatic rings. The third-order valence-electron chi connectivity index (χ3n) is 3.31. The molecule has 3 heteroatoms. The fourth-order valence-corrected chi connectivity index (χ4v) is 2.40. The molecule has 0 aliphatic carbocycles. The van der Waals surface area contributed by atoms with Gasteiger partial charge in [0.15, 0.2) is 0 Å². The van der Waals surface area contributed by atoms with Crippen molar-refractivity contribution in [2.24, 2.45) is 5.73 Å². The Labute approximate surface area is 99.1 Å². The van der Waals surface area contributed by atoms with E-state index in [1.54, 1.807) is 0 Å². The normalized spacial score (nSPS) is 32.0. The van der Waals surface area contributed by atoms with Gasteiger partial charge in [-0.05, 0) is 26.2 Å². The summed E-state index contributed by atoms with van der Waals surface area (Å²) >= 11 is 0. The summed E-state index contributed by atoms with van der Waals surface area (Å²) in [5, 5.41) is 3.56. The second-order valence-corrected chi connectivity index (χ2v) is 4.77. The molecule has 0 aromatic carbocycles. The summed E-state index contributed by atoms with van der Waals surface area (Å²) in [6, 6.07) is 0.138. The van der Waals surface area contributed by atoms with Crippen molar-refractivity contribution in [2.45, 2.75) is 57.2 Å². The van der Waals surface area contributed by atoms with Crippen LogP contribution in [0, 0.1) is 12.3 Å². The van der Waals surface area contributed by atoms with Crippen molar-refractivity contribution in [3.8, 4) is 12.3 Å². The highest BCUT2D eigenvalue weighted by Gasteiger charge is 2.35. The largest absolute Gasteiger partial charge is 0.378 e.